The van der Waals surface area contributed by atoms with Crippen LogP contribution in [0.2, 0.25) is 5.15 Å². The molecule has 2 heterocycles. The fourth-order valence-corrected chi connectivity index (χ4v) is 2.58. The molecule has 0 bridgehead atoms. The van der Waals surface area contributed by atoms with Gasteiger partial charge in [0.05, 0.1) is 5.69 Å². The quantitative estimate of drug-likeness (QED) is 0.751. The number of hydrogen-bond donors (Lipinski definition) is 0. The molecular formula is C13H19ClN2. The van der Waals surface area contributed by atoms with E-state index < -0.39 is 0 Å². The van der Waals surface area contributed by atoms with Crippen LogP contribution in [0.4, 0.5) is 0 Å². The maximum Gasteiger partial charge on any atom is 0.129 e. The molecule has 0 saturated carbocycles. The van der Waals surface area contributed by atoms with Crippen molar-refractivity contribution in [3.63, 3.8) is 0 Å². The Morgan fingerprint density at radius 3 is 3.12 bits per heavy atom. The van der Waals surface area contributed by atoms with E-state index in [4.69, 9.17) is 11.6 Å². The van der Waals surface area contributed by atoms with E-state index in [2.05, 4.69) is 22.9 Å². The molecule has 1 aliphatic rings. The zero-order valence-corrected chi connectivity index (χ0v) is 10.6. The Balaban J connectivity index is 1.94. The maximum absolute atomic E-state index is 5.89. The Kier molecular flexibility index (Phi) is 4.19. The fraction of sp³-hybridized carbons (Fsp3) is 0.615. The molecule has 2 rings (SSSR count). The van der Waals surface area contributed by atoms with Crippen LogP contribution < -0.4 is 0 Å². The molecule has 0 spiro atoms. The molecule has 1 aromatic rings. The first-order valence-corrected chi connectivity index (χ1v) is 6.49. The molecule has 0 N–H and O–H groups in total. The molecule has 1 aliphatic heterocycles. The van der Waals surface area contributed by atoms with Crippen LogP contribution in [0.1, 0.15) is 31.9 Å². The second kappa shape index (κ2) is 5.65. The summed E-state index contributed by atoms with van der Waals surface area (Å²) in [6.45, 7) is 5.64. The predicted octanol–water partition coefficient (Wildman–Crippen LogP) is 3.36. The van der Waals surface area contributed by atoms with Crippen LogP contribution >= 0.6 is 11.6 Å². The van der Waals surface area contributed by atoms with Gasteiger partial charge < -0.3 is 0 Å². The smallest absolute Gasteiger partial charge is 0.129 e. The Labute approximate surface area is 103 Å². The molecule has 1 unspecified atom stereocenters. The Bertz CT molecular complexity index is 340. The van der Waals surface area contributed by atoms with Crippen molar-refractivity contribution in [2.75, 3.05) is 13.1 Å². The first-order chi connectivity index (χ1) is 7.78. The number of halogens is 1. The normalized spacial score (nSPS) is 22.2. The third kappa shape index (κ3) is 3.19. The van der Waals surface area contributed by atoms with Crippen LogP contribution in [-0.2, 0) is 6.54 Å². The third-order valence-corrected chi connectivity index (χ3v) is 3.55. The highest BCUT2D eigenvalue weighted by atomic mass is 35.5. The minimum absolute atomic E-state index is 0.599. The van der Waals surface area contributed by atoms with E-state index in [0.717, 1.165) is 18.2 Å². The number of piperidine rings is 1. The van der Waals surface area contributed by atoms with E-state index in [9.17, 15) is 0 Å². The standard InChI is InChI=1S/C13H19ClN2/c1-2-11-5-4-8-16(9-11)10-12-6-3-7-13(14)15-12/h3,6-7,11H,2,4-5,8-10H2,1H3. The predicted molar refractivity (Wildman–Crippen MR) is 67.5 cm³/mol. The van der Waals surface area contributed by atoms with E-state index in [1.807, 2.05) is 12.1 Å². The topological polar surface area (TPSA) is 16.1 Å². The third-order valence-electron chi connectivity index (χ3n) is 3.34. The lowest BCUT2D eigenvalue weighted by atomic mass is 9.95. The zero-order chi connectivity index (χ0) is 11.4. The summed E-state index contributed by atoms with van der Waals surface area (Å²) in [6.07, 6.45) is 3.99. The highest BCUT2D eigenvalue weighted by Gasteiger charge is 2.18. The van der Waals surface area contributed by atoms with Crippen LogP contribution in [-0.4, -0.2) is 23.0 Å². The summed E-state index contributed by atoms with van der Waals surface area (Å²) in [5.41, 5.74) is 1.09. The van der Waals surface area contributed by atoms with Gasteiger partial charge >= 0.3 is 0 Å². The summed E-state index contributed by atoms with van der Waals surface area (Å²) in [4.78, 5) is 6.84. The monoisotopic (exact) mass is 238 g/mol. The second-order valence-corrected chi connectivity index (χ2v) is 4.99. The molecule has 0 aliphatic carbocycles. The van der Waals surface area contributed by atoms with Gasteiger partial charge in [0.1, 0.15) is 5.15 Å². The molecule has 2 nitrogen and oxygen atoms in total. The maximum atomic E-state index is 5.89. The zero-order valence-electron chi connectivity index (χ0n) is 9.82. The molecule has 88 valence electrons. The van der Waals surface area contributed by atoms with Gasteiger partial charge in [-0.3, -0.25) is 4.90 Å². The molecule has 0 aromatic carbocycles. The SMILES string of the molecule is CCC1CCCN(Cc2cccc(Cl)n2)C1. The average molecular weight is 239 g/mol. The van der Waals surface area contributed by atoms with Gasteiger partial charge in [0.2, 0.25) is 0 Å². The average Bonchev–Trinajstić information content (AvgIpc) is 2.29. The van der Waals surface area contributed by atoms with Crippen molar-refractivity contribution in [1.82, 2.24) is 9.88 Å². The van der Waals surface area contributed by atoms with Crippen molar-refractivity contribution in [3.05, 3.63) is 29.0 Å². The van der Waals surface area contributed by atoms with E-state index in [0.29, 0.717) is 5.15 Å². The lowest BCUT2D eigenvalue weighted by Crippen LogP contribution is -2.34. The molecule has 3 heteroatoms. The molecule has 1 aromatic heterocycles. The van der Waals surface area contributed by atoms with Crippen molar-refractivity contribution in [2.45, 2.75) is 32.7 Å². The summed E-state index contributed by atoms with van der Waals surface area (Å²) in [5, 5.41) is 0.599. The Morgan fingerprint density at radius 2 is 2.38 bits per heavy atom. The molecule has 0 amide bonds. The largest absolute Gasteiger partial charge is 0.297 e. The number of aromatic nitrogens is 1. The number of hydrogen-bond acceptors (Lipinski definition) is 2. The van der Waals surface area contributed by atoms with Crippen LogP contribution in [0.3, 0.4) is 0 Å². The van der Waals surface area contributed by atoms with Crippen molar-refractivity contribution in [2.24, 2.45) is 5.92 Å². The lowest BCUT2D eigenvalue weighted by molar-refractivity contribution is 0.163. The molecule has 1 atom stereocenters. The van der Waals surface area contributed by atoms with Gasteiger partial charge in [0, 0.05) is 13.1 Å². The lowest BCUT2D eigenvalue weighted by Gasteiger charge is -2.31. The summed E-state index contributed by atoms with van der Waals surface area (Å²) in [5.74, 6) is 0.868. The number of likely N-dealkylation sites (tertiary alicyclic amines) is 1. The van der Waals surface area contributed by atoms with Crippen LogP contribution in [0.5, 0.6) is 0 Å². The Morgan fingerprint density at radius 1 is 1.50 bits per heavy atom. The van der Waals surface area contributed by atoms with Gasteiger partial charge in [-0.1, -0.05) is 31.0 Å². The second-order valence-electron chi connectivity index (χ2n) is 4.60. The first kappa shape index (κ1) is 11.9. The van der Waals surface area contributed by atoms with Crippen LogP contribution in [0.25, 0.3) is 0 Å². The van der Waals surface area contributed by atoms with Crippen molar-refractivity contribution in [1.29, 1.82) is 0 Å². The Hall–Kier alpha value is -0.600. The number of rotatable bonds is 3. The fourth-order valence-electron chi connectivity index (χ4n) is 2.40. The van der Waals surface area contributed by atoms with Crippen molar-refractivity contribution < 1.29 is 0 Å². The summed E-state index contributed by atoms with van der Waals surface area (Å²) >= 11 is 5.89. The summed E-state index contributed by atoms with van der Waals surface area (Å²) in [7, 11) is 0. The van der Waals surface area contributed by atoms with Gasteiger partial charge in [0.15, 0.2) is 0 Å². The van der Waals surface area contributed by atoms with Crippen LogP contribution in [0.15, 0.2) is 18.2 Å². The highest BCUT2D eigenvalue weighted by molar-refractivity contribution is 6.29. The van der Waals surface area contributed by atoms with Gasteiger partial charge in [-0.2, -0.15) is 0 Å². The van der Waals surface area contributed by atoms with Gasteiger partial charge in [-0.05, 0) is 37.4 Å². The minimum atomic E-state index is 0.599. The molecule has 1 fully saturated rings. The van der Waals surface area contributed by atoms with Gasteiger partial charge in [-0.15, -0.1) is 0 Å². The van der Waals surface area contributed by atoms with E-state index in [1.165, 1.54) is 32.4 Å². The van der Waals surface area contributed by atoms with E-state index >= 15 is 0 Å². The first-order valence-electron chi connectivity index (χ1n) is 6.11. The number of nitrogens with zero attached hydrogens (tertiary/aromatic N) is 2. The number of pyridine rings is 1. The van der Waals surface area contributed by atoms with E-state index in [1.54, 1.807) is 0 Å². The molecule has 1 saturated heterocycles. The highest BCUT2D eigenvalue weighted by Crippen LogP contribution is 2.20. The van der Waals surface area contributed by atoms with Crippen molar-refractivity contribution in [3.8, 4) is 0 Å². The van der Waals surface area contributed by atoms with Gasteiger partial charge in [0.25, 0.3) is 0 Å². The summed E-state index contributed by atoms with van der Waals surface area (Å²) in [6, 6.07) is 5.86. The molecule has 0 radical (unpaired) electrons. The molecular weight excluding hydrogens is 220 g/mol. The minimum Gasteiger partial charge on any atom is -0.297 e. The van der Waals surface area contributed by atoms with Crippen LogP contribution in [0, 0.1) is 5.92 Å². The van der Waals surface area contributed by atoms with E-state index in [-0.39, 0.29) is 0 Å². The van der Waals surface area contributed by atoms with Crippen molar-refractivity contribution >= 4 is 11.6 Å². The summed E-state index contributed by atoms with van der Waals surface area (Å²) < 4.78 is 0. The van der Waals surface area contributed by atoms with Gasteiger partial charge in [-0.25, -0.2) is 4.98 Å². The molecule has 16 heavy (non-hydrogen) atoms.